The fourth-order valence-corrected chi connectivity index (χ4v) is 6.16. The van der Waals surface area contributed by atoms with Gasteiger partial charge in [-0.1, -0.05) is 72.4 Å². The lowest BCUT2D eigenvalue weighted by molar-refractivity contribution is -0.0198. The Morgan fingerprint density at radius 2 is 1.83 bits per heavy atom. The van der Waals surface area contributed by atoms with E-state index in [9.17, 15) is 0 Å². The summed E-state index contributed by atoms with van der Waals surface area (Å²) in [5.74, 6) is 2.31. The third-order valence-corrected chi connectivity index (χ3v) is 7.69. The van der Waals surface area contributed by atoms with Crippen molar-refractivity contribution in [2.75, 3.05) is 13.7 Å². The molecule has 5 rings (SSSR count). The zero-order valence-corrected chi connectivity index (χ0v) is 23.7. The van der Waals surface area contributed by atoms with E-state index in [-0.39, 0.29) is 6.04 Å². The Morgan fingerprint density at radius 1 is 1.00 bits per heavy atom. The number of rotatable bonds is 9. The Morgan fingerprint density at radius 3 is 2.61 bits per heavy atom. The van der Waals surface area contributed by atoms with Crippen LogP contribution in [0.15, 0.2) is 74.7 Å². The molecule has 0 saturated carbocycles. The van der Waals surface area contributed by atoms with Crippen molar-refractivity contribution in [3.8, 4) is 17.2 Å². The molecule has 2 aliphatic rings. The zero-order valence-electron chi connectivity index (χ0n) is 20.5. The molecule has 5 nitrogen and oxygen atoms in total. The Bertz CT molecular complexity index is 1250. The molecule has 0 N–H and O–H groups in total. The molecule has 2 heterocycles. The van der Waals surface area contributed by atoms with Crippen LogP contribution >= 0.6 is 31.9 Å². The van der Waals surface area contributed by atoms with Crippen molar-refractivity contribution in [3.63, 3.8) is 0 Å². The first-order valence-electron chi connectivity index (χ1n) is 12.5. The quantitative estimate of drug-likeness (QED) is 0.227. The average Bonchev–Trinajstić information content (AvgIpc) is 3.35. The topological polar surface area (TPSA) is 43.3 Å². The fraction of sp³-hybridized carbons (Fsp3) is 0.345. The van der Waals surface area contributed by atoms with E-state index in [0.717, 1.165) is 55.7 Å². The number of hydrogen-bond donors (Lipinski definition) is 0. The Kier molecular flexibility index (Phi) is 7.87. The molecular formula is C29H30Br2N2O3. The molecule has 0 bridgehead atoms. The SMILES string of the molecule is CCCCCCOc1ccc([C@H]2Oc3c(Br)cc(Br)cc3[C@@H]3CC(c4ccccc4)=NN23)cc1OC. The van der Waals surface area contributed by atoms with Crippen molar-refractivity contribution < 1.29 is 14.2 Å². The highest BCUT2D eigenvalue weighted by molar-refractivity contribution is 9.11. The van der Waals surface area contributed by atoms with Gasteiger partial charge in [-0.25, -0.2) is 5.01 Å². The van der Waals surface area contributed by atoms with Gasteiger partial charge in [0.25, 0.3) is 0 Å². The minimum absolute atomic E-state index is 0.0586. The second-order valence-electron chi connectivity index (χ2n) is 9.11. The highest BCUT2D eigenvalue weighted by atomic mass is 79.9. The summed E-state index contributed by atoms with van der Waals surface area (Å²) in [6.45, 7) is 2.90. The van der Waals surface area contributed by atoms with Gasteiger partial charge in [0, 0.05) is 22.0 Å². The van der Waals surface area contributed by atoms with Gasteiger partial charge in [0.15, 0.2) is 11.5 Å². The van der Waals surface area contributed by atoms with E-state index < -0.39 is 6.23 Å². The summed E-state index contributed by atoms with van der Waals surface area (Å²) in [5.41, 5.74) is 4.26. The lowest BCUT2D eigenvalue weighted by Crippen LogP contribution is -2.34. The zero-order chi connectivity index (χ0) is 25.1. The van der Waals surface area contributed by atoms with Crippen LogP contribution in [0.2, 0.25) is 0 Å². The van der Waals surface area contributed by atoms with E-state index in [1.807, 2.05) is 24.3 Å². The van der Waals surface area contributed by atoms with Crippen LogP contribution in [0.25, 0.3) is 0 Å². The summed E-state index contributed by atoms with van der Waals surface area (Å²) >= 11 is 7.37. The standard InChI is InChI=1S/C29H30Br2N2O3/c1-3-4-5-9-14-35-26-13-12-20(15-27(26)34-2)29-33-25(18-24(32-33)19-10-7-6-8-11-19)22-16-21(30)17-23(31)28(22)36-29/h6-8,10-13,15-17,25,29H,3-5,9,14,18H2,1-2H3/t25-,29+/m0/s1. The number of unbranched alkanes of at least 4 members (excludes halogenated alkanes) is 3. The van der Waals surface area contributed by atoms with Crippen LogP contribution in [0.1, 0.15) is 68.0 Å². The molecule has 2 atom stereocenters. The molecule has 0 aliphatic carbocycles. The van der Waals surface area contributed by atoms with E-state index in [2.05, 4.69) is 80.2 Å². The monoisotopic (exact) mass is 612 g/mol. The fourth-order valence-electron chi connectivity index (χ4n) is 4.81. The number of benzene rings is 3. The number of fused-ring (bicyclic) bond motifs is 3. The minimum atomic E-state index is -0.395. The van der Waals surface area contributed by atoms with Gasteiger partial charge < -0.3 is 14.2 Å². The number of methoxy groups -OCH3 is 1. The first-order valence-corrected chi connectivity index (χ1v) is 14.0. The van der Waals surface area contributed by atoms with Crippen molar-refractivity contribution in [2.24, 2.45) is 5.10 Å². The van der Waals surface area contributed by atoms with Crippen LogP contribution in [-0.2, 0) is 0 Å². The molecule has 2 aliphatic heterocycles. The van der Waals surface area contributed by atoms with Crippen LogP contribution in [0.3, 0.4) is 0 Å². The number of hydrazone groups is 1. The van der Waals surface area contributed by atoms with Crippen LogP contribution < -0.4 is 14.2 Å². The summed E-state index contributed by atoms with van der Waals surface area (Å²) in [4.78, 5) is 0. The minimum Gasteiger partial charge on any atom is -0.493 e. The maximum atomic E-state index is 6.62. The van der Waals surface area contributed by atoms with Crippen molar-refractivity contribution in [2.45, 2.75) is 51.3 Å². The molecule has 7 heteroatoms. The van der Waals surface area contributed by atoms with Gasteiger partial charge in [-0.3, -0.25) is 0 Å². The van der Waals surface area contributed by atoms with Gasteiger partial charge in [0.05, 0.1) is 29.9 Å². The van der Waals surface area contributed by atoms with Crippen LogP contribution in [-0.4, -0.2) is 24.4 Å². The third kappa shape index (κ3) is 5.14. The molecule has 0 radical (unpaired) electrons. The summed E-state index contributed by atoms with van der Waals surface area (Å²) < 4.78 is 20.3. The first kappa shape index (κ1) is 25.2. The highest BCUT2D eigenvalue weighted by Gasteiger charge is 2.42. The van der Waals surface area contributed by atoms with Crippen LogP contribution in [0.4, 0.5) is 0 Å². The largest absolute Gasteiger partial charge is 0.493 e. The maximum Gasteiger partial charge on any atom is 0.214 e. The Hall–Kier alpha value is -2.51. The van der Waals surface area contributed by atoms with Crippen molar-refractivity contribution in [1.29, 1.82) is 0 Å². The highest BCUT2D eigenvalue weighted by Crippen LogP contribution is 2.51. The average molecular weight is 614 g/mol. The van der Waals surface area contributed by atoms with Gasteiger partial charge in [-0.05, 0) is 58.2 Å². The van der Waals surface area contributed by atoms with E-state index in [4.69, 9.17) is 19.3 Å². The number of ether oxygens (including phenoxy) is 3. The normalized spacial score (nSPS) is 18.2. The Balaban J connectivity index is 1.48. The number of hydrogen-bond acceptors (Lipinski definition) is 5. The molecule has 3 aromatic carbocycles. The molecule has 0 fully saturated rings. The van der Waals surface area contributed by atoms with Crippen molar-refractivity contribution in [1.82, 2.24) is 5.01 Å². The van der Waals surface area contributed by atoms with Gasteiger partial charge in [0.1, 0.15) is 5.75 Å². The molecule has 0 spiro atoms. The molecule has 0 aromatic heterocycles. The predicted octanol–water partition coefficient (Wildman–Crippen LogP) is 8.42. The van der Waals surface area contributed by atoms with Crippen LogP contribution in [0.5, 0.6) is 17.2 Å². The molecule has 0 saturated heterocycles. The summed E-state index contributed by atoms with van der Waals surface area (Å²) in [6, 6.07) is 20.6. The molecule has 0 unspecified atom stereocenters. The molecular weight excluding hydrogens is 584 g/mol. The van der Waals surface area contributed by atoms with Crippen LogP contribution in [0, 0.1) is 0 Å². The van der Waals surface area contributed by atoms with Gasteiger partial charge in [-0.2, -0.15) is 5.10 Å². The summed E-state index contributed by atoms with van der Waals surface area (Å²) in [5, 5.41) is 7.16. The van der Waals surface area contributed by atoms with Crippen molar-refractivity contribution in [3.05, 3.63) is 86.3 Å². The molecule has 0 amide bonds. The lowest BCUT2D eigenvalue weighted by atomic mass is 9.96. The maximum absolute atomic E-state index is 6.62. The van der Waals surface area contributed by atoms with Gasteiger partial charge >= 0.3 is 0 Å². The van der Waals surface area contributed by atoms with E-state index in [1.165, 1.54) is 19.3 Å². The van der Waals surface area contributed by atoms with E-state index >= 15 is 0 Å². The lowest BCUT2D eigenvalue weighted by Gasteiger charge is -2.38. The summed E-state index contributed by atoms with van der Waals surface area (Å²) in [7, 11) is 1.68. The molecule has 36 heavy (non-hydrogen) atoms. The smallest absolute Gasteiger partial charge is 0.214 e. The predicted molar refractivity (Wildman–Crippen MR) is 150 cm³/mol. The molecule has 188 valence electrons. The first-order chi connectivity index (χ1) is 17.6. The third-order valence-electron chi connectivity index (χ3n) is 6.64. The number of halogens is 2. The van der Waals surface area contributed by atoms with E-state index in [1.54, 1.807) is 7.11 Å². The van der Waals surface area contributed by atoms with Gasteiger partial charge in [-0.15, -0.1) is 0 Å². The van der Waals surface area contributed by atoms with E-state index in [0.29, 0.717) is 12.4 Å². The summed E-state index contributed by atoms with van der Waals surface area (Å²) in [6.07, 6.45) is 5.06. The second-order valence-corrected chi connectivity index (χ2v) is 10.9. The second kappa shape index (κ2) is 11.3. The molecule has 3 aromatic rings. The number of nitrogens with zero attached hydrogens (tertiary/aromatic N) is 2. The van der Waals surface area contributed by atoms with Crippen molar-refractivity contribution >= 4 is 37.6 Å². The van der Waals surface area contributed by atoms with Gasteiger partial charge in [0.2, 0.25) is 6.23 Å². The Labute approximate surface area is 229 Å².